The highest BCUT2D eigenvalue weighted by Gasteiger charge is 2.24. The van der Waals surface area contributed by atoms with Gasteiger partial charge in [-0.3, -0.25) is 9.69 Å². The van der Waals surface area contributed by atoms with Crippen LogP contribution in [0.1, 0.15) is 47.1 Å². The molecule has 2 aromatic rings. The molecule has 162 valence electrons. The number of phosphoric acid groups is 1. The molecule has 0 atom stereocenters. The number of phenolic OH excluding ortho intramolecular Hbond substituents is 1. The molecule has 10 heteroatoms. The molecule has 0 radical (unpaired) electrons. The van der Waals surface area contributed by atoms with Gasteiger partial charge >= 0.3 is 7.82 Å². The monoisotopic (exact) mass is 445 g/mol. The van der Waals surface area contributed by atoms with E-state index in [1.54, 1.807) is 12.1 Å². The minimum absolute atomic E-state index is 0.0263. The summed E-state index contributed by atoms with van der Waals surface area (Å²) in [5.74, 6) is 0.205. The lowest BCUT2D eigenvalue weighted by Gasteiger charge is -2.24. The van der Waals surface area contributed by atoms with Crippen molar-refractivity contribution >= 4 is 24.9 Å². The number of nitrogens with zero attached hydrogens (tertiary/aromatic N) is 1. The summed E-state index contributed by atoms with van der Waals surface area (Å²) in [4.78, 5) is 36.9. The second-order valence-corrected chi connectivity index (χ2v) is 9.54. The van der Waals surface area contributed by atoms with Gasteiger partial charge in [0.25, 0.3) is 0 Å². The molecule has 0 saturated carbocycles. The van der Waals surface area contributed by atoms with Crippen LogP contribution in [0.4, 0.5) is 0 Å². The number of rotatable bonds is 6. The number of aliphatic hydroxyl groups excluding tert-OH is 1. The molecular formula is C19H28NO7PS. The Hall–Kier alpha value is -1.58. The van der Waals surface area contributed by atoms with E-state index in [4.69, 9.17) is 24.4 Å². The number of likely N-dealkylation sites (N-methyl/N-ethyl adjacent to an activating group) is 1. The number of phenols is 1. The van der Waals surface area contributed by atoms with Gasteiger partial charge in [0, 0.05) is 29.8 Å². The summed E-state index contributed by atoms with van der Waals surface area (Å²) in [6.07, 6.45) is 0. The van der Waals surface area contributed by atoms with Crippen molar-refractivity contribution in [3.05, 3.63) is 51.2 Å². The Labute approximate surface area is 174 Å². The molecule has 0 aliphatic rings. The Morgan fingerprint density at radius 3 is 2.24 bits per heavy atom. The summed E-state index contributed by atoms with van der Waals surface area (Å²) in [5, 5.41) is 21.6. The van der Waals surface area contributed by atoms with Gasteiger partial charge in [-0.05, 0) is 36.0 Å². The fraction of sp³-hybridized carbons (Fsp3) is 0.421. The van der Waals surface area contributed by atoms with E-state index >= 15 is 0 Å². The third-order valence-electron chi connectivity index (χ3n) is 3.93. The summed E-state index contributed by atoms with van der Waals surface area (Å²) in [7, 11) is -2.76. The average molecular weight is 445 g/mol. The molecule has 29 heavy (non-hydrogen) atoms. The minimum Gasteiger partial charge on any atom is -0.507 e. The van der Waals surface area contributed by atoms with Crippen LogP contribution in [0, 0.1) is 0 Å². The van der Waals surface area contributed by atoms with E-state index in [0.717, 1.165) is 5.56 Å². The summed E-state index contributed by atoms with van der Waals surface area (Å²) >= 11 is 1.42. The standard InChI is InChI=1S/C19H25NO3S.H3O4P/c1-19(2,3)15-11-13(18(23)16-6-5-9-24-16)10-14(17(15)22)12-20(4)7-8-21;1-5(2,3)4/h5-6,9-11,21-22H,7-8,12H2,1-4H3;(H3,1,2,3,4). The van der Waals surface area contributed by atoms with Crippen LogP contribution in [-0.4, -0.2) is 55.8 Å². The molecule has 0 spiro atoms. The molecule has 0 aliphatic carbocycles. The summed E-state index contributed by atoms with van der Waals surface area (Å²) in [6, 6.07) is 7.24. The molecule has 0 aliphatic heterocycles. The van der Waals surface area contributed by atoms with Crippen molar-refractivity contribution in [2.75, 3.05) is 20.2 Å². The van der Waals surface area contributed by atoms with E-state index in [9.17, 15) is 9.90 Å². The Bertz CT molecular complexity index is 848. The quantitative estimate of drug-likeness (QED) is 0.338. The van der Waals surface area contributed by atoms with Gasteiger partial charge in [0.2, 0.25) is 5.78 Å². The van der Waals surface area contributed by atoms with Crippen LogP contribution >= 0.6 is 19.2 Å². The van der Waals surface area contributed by atoms with Crippen molar-refractivity contribution in [1.29, 1.82) is 0 Å². The van der Waals surface area contributed by atoms with E-state index in [2.05, 4.69) is 0 Å². The van der Waals surface area contributed by atoms with Crippen molar-refractivity contribution in [3.8, 4) is 5.75 Å². The van der Waals surface area contributed by atoms with E-state index in [1.165, 1.54) is 11.3 Å². The lowest BCUT2D eigenvalue weighted by Crippen LogP contribution is -2.22. The van der Waals surface area contributed by atoms with Gasteiger partial charge in [-0.15, -0.1) is 11.3 Å². The van der Waals surface area contributed by atoms with E-state index in [-0.39, 0.29) is 23.6 Å². The van der Waals surface area contributed by atoms with Crippen LogP contribution in [-0.2, 0) is 16.5 Å². The van der Waals surface area contributed by atoms with Crippen molar-refractivity contribution in [3.63, 3.8) is 0 Å². The maximum Gasteiger partial charge on any atom is 0.466 e. The van der Waals surface area contributed by atoms with E-state index in [0.29, 0.717) is 29.1 Å². The maximum atomic E-state index is 12.7. The number of benzene rings is 1. The SMILES string of the molecule is CN(CCO)Cc1cc(C(=O)c2cccs2)cc(C(C)(C)C)c1O.O=P(O)(O)O. The van der Waals surface area contributed by atoms with Crippen molar-refractivity contribution in [2.24, 2.45) is 0 Å². The first-order valence-electron chi connectivity index (χ1n) is 8.76. The highest BCUT2D eigenvalue weighted by atomic mass is 32.1. The topological polar surface area (TPSA) is 139 Å². The molecular weight excluding hydrogens is 417 g/mol. The Morgan fingerprint density at radius 1 is 1.21 bits per heavy atom. The molecule has 0 saturated heterocycles. The first-order valence-corrected chi connectivity index (χ1v) is 11.2. The largest absolute Gasteiger partial charge is 0.507 e. The van der Waals surface area contributed by atoms with Gasteiger partial charge in [-0.2, -0.15) is 0 Å². The van der Waals surface area contributed by atoms with Crippen LogP contribution in [0.3, 0.4) is 0 Å². The average Bonchev–Trinajstić information content (AvgIpc) is 3.08. The molecule has 0 bridgehead atoms. The predicted octanol–water partition coefficient (Wildman–Crippen LogP) is 2.48. The second kappa shape index (κ2) is 10.4. The normalized spacial score (nSPS) is 11.9. The zero-order valence-electron chi connectivity index (χ0n) is 16.9. The summed E-state index contributed by atoms with van der Waals surface area (Å²) in [5.41, 5.74) is 1.78. The van der Waals surface area contributed by atoms with Gasteiger partial charge in [-0.25, -0.2) is 4.57 Å². The highest BCUT2D eigenvalue weighted by Crippen LogP contribution is 2.35. The first-order chi connectivity index (χ1) is 13.2. The van der Waals surface area contributed by atoms with Gasteiger partial charge in [0.05, 0.1) is 11.5 Å². The van der Waals surface area contributed by atoms with Crippen LogP contribution in [0.25, 0.3) is 0 Å². The second-order valence-electron chi connectivity index (χ2n) is 7.56. The van der Waals surface area contributed by atoms with E-state index in [1.807, 2.05) is 50.2 Å². The van der Waals surface area contributed by atoms with Crippen molar-refractivity contribution in [1.82, 2.24) is 4.90 Å². The Morgan fingerprint density at radius 2 is 1.79 bits per heavy atom. The number of aliphatic hydroxyl groups is 1. The number of hydrogen-bond donors (Lipinski definition) is 5. The molecule has 0 amide bonds. The smallest absolute Gasteiger partial charge is 0.466 e. The number of carbonyl (C=O) groups excluding carboxylic acids is 1. The zero-order valence-corrected chi connectivity index (χ0v) is 18.6. The van der Waals surface area contributed by atoms with Crippen LogP contribution in [0.15, 0.2) is 29.6 Å². The molecule has 1 aromatic heterocycles. The van der Waals surface area contributed by atoms with Crippen molar-refractivity contribution in [2.45, 2.75) is 32.7 Å². The van der Waals surface area contributed by atoms with Crippen LogP contribution in [0.2, 0.25) is 0 Å². The summed E-state index contributed by atoms with van der Waals surface area (Å²) < 4.78 is 8.88. The minimum atomic E-state index is -4.64. The molecule has 1 aromatic carbocycles. The number of aromatic hydroxyl groups is 1. The number of carbonyl (C=O) groups is 1. The van der Waals surface area contributed by atoms with Crippen LogP contribution < -0.4 is 0 Å². The molecule has 2 rings (SSSR count). The predicted molar refractivity (Wildman–Crippen MR) is 112 cm³/mol. The fourth-order valence-corrected chi connectivity index (χ4v) is 3.29. The summed E-state index contributed by atoms with van der Waals surface area (Å²) in [6.45, 7) is 7.08. The maximum absolute atomic E-state index is 12.7. The number of ketones is 1. The zero-order chi connectivity index (χ0) is 22.4. The Kier molecular flexibility index (Phi) is 9.17. The molecule has 0 fully saturated rings. The molecule has 1 heterocycles. The van der Waals surface area contributed by atoms with Gasteiger partial charge in [-0.1, -0.05) is 26.8 Å². The highest BCUT2D eigenvalue weighted by molar-refractivity contribution is 7.45. The van der Waals surface area contributed by atoms with Crippen LogP contribution in [0.5, 0.6) is 5.75 Å². The van der Waals surface area contributed by atoms with Gasteiger partial charge in [0.15, 0.2) is 0 Å². The fourth-order valence-electron chi connectivity index (χ4n) is 2.61. The third-order valence-corrected chi connectivity index (χ3v) is 4.79. The molecule has 8 nitrogen and oxygen atoms in total. The van der Waals surface area contributed by atoms with Gasteiger partial charge in [0.1, 0.15) is 5.75 Å². The first kappa shape index (κ1) is 25.5. The third kappa shape index (κ3) is 8.76. The van der Waals surface area contributed by atoms with E-state index < -0.39 is 7.82 Å². The molecule has 5 N–H and O–H groups in total. The Balaban J connectivity index is 0.000000749. The van der Waals surface area contributed by atoms with Crippen molar-refractivity contribution < 1.29 is 34.3 Å². The number of hydrogen-bond acceptors (Lipinski definition) is 6. The number of thiophene rings is 1. The van der Waals surface area contributed by atoms with Gasteiger partial charge < -0.3 is 24.9 Å². The molecule has 0 unspecified atom stereocenters. The lowest BCUT2D eigenvalue weighted by molar-refractivity contribution is 0.104. The lowest BCUT2D eigenvalue weighted by atomic mass is 9.83.